The molecule has 0 aliphatic heterocycles. The van der Waals surface area contributed by atoms with E-state index in [1.165, 1.54) is 19.3 Å². The second-order valence-corrected chi connectivity index (χ2v) is 7.22. The molecule has 2 rings (SSSR count). The van der Waals surface area contributed by atoms with E-state index in [9.17, 15) is 0 Å². The van der Waals surface area contributed by atoms with E-state index in [0.29, 0.717) is 6.04 Å². The van der Waals surface area contributed by atoms with Gasteiger partial charge in [-0.3, -0.25) is 0 Å². The minimum absolute atomic E-state index is 0.0246. The van der Waals surface area contributed by atoms with Gasteiger partial charge < -0.3 is 5.32 Å². The molecule has 18 heavy (non-hydrogen) atoms. The number of anilines is 1. The summed E-state index contributed by atoms with van der Waals surface area (Å²) in [6.45, 7) is 8.72. The van der Waals surface area contributed by atoms with E-state index in [0.717, 1.165) is 22.2 Å². The largest absolute Gasteiger partial charge is 0.367 e. The Morgan fingerprint density at radius 3 is 2.56 bits per heavy atom. The smallest absolute Gasteiger partial charge is 0.137 e. The fourth-order valence-corrected chi connectivity index (χ4v) is 2.76. The van der Waals surface area contributed by atoms with Gasteiger partial charge in [0.2, 0.25) is 0 Å². The fraction of sp³-hybridized carbons (Fsp3) is 0.714. The van der Waals surface area contributed by atoms with Crippen molar-refractivity contribution in [3.63, 3.8) is 0 Å². The van der Waals surface area contributed by atoms with Gasteiger partial charge in [0.25, 0.3) is 0 Å². The zero-order valence-corrected chi connectivity index (χ0v) is 13.2. The summed E-state index contributed by atoms with van der Waals surface area (Å²) in [6, 6.07) is 2.53. The van der Waals surface area contributed by atoms with E-state index in [1.54, 1.807) is 0 Å². The van der Waals surface area contributed by atoms with Crippen LogP contribution in [0.4, 0.5) is 5.82 Å². The predicted molar refractivity (Wildman–Crippen MR) is 78.9 cm³/mol. The molecule has 0 spiro atoms. The van der Waals surface area contributed by atoms with Crippen molar-refractivity contribution in [2.24, 2.45) is 5.92 Å². The minimum Gasteiger partial charge on any atom is -0.367 e. The third-order valence-electron chi connectivity index (χ3n) is 3.41. The number of hydrogen-bond donors (Lipinski definition) is 1. The Morgan fingerprint density at radius 2 is 2.00 bits per heavy atom. The fourth-order valence-electron chi connectivity index (χ4n) is 2.37. The van der Waals surface area contributed by atoms with E-state index in [-0.39, 0.29) is 5.41 Å². The average molecular weight is 312 g/mol. The molecule has 0 saturated heterocycles. The van der Waals surface area contributed by atoms with Crippen molar-refractivity contribution in [3.05, 3.63) is 16.5 Å². The standard InChI is InChI=1S/C14H22BrN3/c1-9-5-6-10(7-9)16-12-8-11(15)17-13(18-12)14(2,3)4/h8-10H,5-7H2,1-4H3,(H,16,17,18). The Labute approximate surface area is 118 Å². The van der Waals surface area contributed by atoms with Crippen LogP contribution in [-0.4, -0.2) is 16.0 Å². The Bertz CT molecular complexity index is 426. The molecule has 1 N–H and O–H groups in total. The van der Waals surface area contributed by atoms with Crippen molar-refractivity contribution in [2.45, 2.75) is 58.4 Å². The van der Waals surface area contributed by atoms with Gasteiger partial charge in [0.15, 0.2) is 0 Å². The van der Waals surface area contributed by atoms with Crippen LogP contribution in [0.25, 0.3) is 0 Å². The maximum absolute atomic E-state index is 4.64. The monoisotopic (exact) mass is 311 g/mol. The minimum atomic E-state index is -0.0246. The summed E-state index contributed by atoms with van der Waals surface area (Å²) in [5, 5.41) is 3.54. The van der Waals surface area contributed by atoms with Crippen LogP contribution < -0.4 is 5.32 Å². The first kappa shape index (κ1) is 13.8. The lowest BCUT2D eigenvalue weighted by Gasteiger charge is -2.19. The number of nitrogens with one attached hydrogen (secondary N) is 1. The van der Waals surface area contributed by atoms with Crippen molar-refractivity contribution < 1.29 is 0 Å². The Morgan fingerprint density at radius 1 is 1.28 bits per heavy atom. The second kappa shape index (κ2) is 5.16. The van der Waals surface area contributed by atoms with Crippen molar-refractivity contribution in [2.75, 3.05) is 5.32 Å². The van der Waals surface area contributed by atoms with E-state index in [1.807, 2.05) is 6.07 Å². The van der Waals surface area contributed by atoms with Gasteiger partial charge in [-0.15, -0.1) is 0 Å². The highest BCUT2D eigenvalue weighted by Crippen LogP contribution is 2.28. The van der Waals surface area contributed by atoms with Gasteiger partial charge >= 0.3 is 0 Å². The number of nitrogens with zero attached hydrogens (tertiary/aromatic N) is 2. The third kappa shape index (κ3) is 3.44. The molecule has 0 bridgehead atoms. The van der Waals surface area contributed by atoms with Crippen molar-refractivity contribution >= 4 is 21.7 Å². The van der Waals surface area contributed by atoms with Gasteiger partial charge in [0.1, 0.15) is 16.2 Å². The number of aromatic nitrogens is 2. The Hall–Kier alpha value is -0.640. The molecule has 3 nitrogen and oxygen atoms in total. The van der Waals surface area contributed by atoms with E-state index < -0.39 is 0 Å². The Kier molecular flexibility index (Phi) is 3.95. The predicted octanol–water partition coefficient (Wildman–Crippen LogP) is 4.14. The highest BCUT2D eigenvalue weighted by Gasteiger charge is 2.23. The first-order valence-electron chi connectivity index (χ1n) is 6.66. The number of halogens is 1. The molecule has 0 amide bonds. The van der Waals surface area contributed by atoms with Gasteiger partial charge in [0.05, 0.1) is 0 Å². The van der Waals surface area contributed by atoms with Crippen molar-refractivity contribution in [1.29, 1.82) is 0 Å². The summed E-state index contributed by atoms with van der Waals surface area (Å²) in [6.07, 6.45) is 3.80. The summed E-state index contributed by atoms with van der Waals surface area (Å²) in [4.78, 5) is 9.10. The van der Waals surface area contributed by atoms with Crippen LogP contribution in [0.1, 0.15) is 52.8 Å². The first-order chi connectivity index (χ1) is 8.34. The zero-order valence-electron chi connectivity index (χ0n) is 11.6. The summed E-state index contributed by atoms with van der Waals surface area (Å²) < 4.78 is 0.857. The molecule has 1 aromatic rings. The summed E-state index contributed by atoms with van der Waals surface area (Å²) in [5.74, 6) is 2.65. The molecule has 1 aliphatic carbocycles. The van der Waals surface area contributed by atoms with Crippen LogP contribution in [0.5, 0.6) is 0 Å². The van der Waals surface area contributed by atoms with Crippen LogP contribution in [0.3, 0.4) is 0 Å². The van der Waals surface area contributed by atoms with Gasteiger partial charge in [-0.05, 0) is 41.1 Å². The van der Waals surface area contributed by atoms with Gasteiger partial charge in [-0.25, -0.2) is 9.97 Å². The molecular weight excluding hydrogens is 290 g/mol. The quantitative estimate of drug-likeness (QED) is 0.834. The lowest BCUT2D eigenvalue weighted by molar-refractivity contribution is 0.543. The maximum atomic E-state index is 4.64. The molecule has 2 unspecified atom stereocenters. The lowest BCUT2D eigenvalue weighted by atomic mass is 9.96. The summed E-state index contributed by atoms with van der Waals surface area (Å²) in [7, 11) is 0. The first-order valence-corrected chi connectivity index (χ1v) is 7.45. The third-order valence-corrected chi connectivity index (χ3v) is 3.82. The van der Waals surface area contributed by atoms with Gasteiger partial charge in [-0.1, -0.05) is 27.7 Å². The van der Waals surface area contributed by atoms with Crippen LogP contribution >= 0.6 is 15.9 Å². The zero-order chi connectivity index (χ0) is 13.3. The number of hydrogen-bond acceptors (Lipinski definition) is 3. The van der Waals surface area contributed by atoms with E-state index >= 15 is 0 Å². The molecule has 1 aromatic heterocycles. The molecule has 1 heterocycles. The van der Waals surface area contributed by atoms with E-state index in [2.05, 4.69) is 58.9 Å². The maximum Gasteiger partial charge on any atom is 0.137 e. The van der Waals surface area contributed by atoms with Gasteiger partial charge in [-0.2, -0.15) is 0 Å². The molecule has 0 radical (unpaired) electrons. The molecule has 4 heteroatoms. The summed E-state index contributed by atoms with van der Waals surface area (Å²) in [5.41, 5.74) is -0.0246. The van der Waals surface area contributed by atoms with Crippen LogP contribution in [0, 0.1) is 5.92 Å². The van der Waals surface area contributed by atoms with Crippen LogP contribution in [0.2, 0.25) is 0 Å². The molecule has 100 valence electrons. The second-order valence-electron chi connectivity index (χ2n) is 6.41. The molecule has 1 aliphatic rings. The highest BCUT2D eigenvalue weighted by atomic mass is 79.9. The molecule has 2 atom stereocenters. The SMILES string of the molecule is CC1CCC(Nc2cc(Br)nc(C(C)(C)C)n2)C1. The average Bonchev–Trinajstić information content (AvgIpc) is 2.61. The molecular formula is C14H22BrN3. The van der Waals surface area contributed by atoms with Gasteiger partial charge in [0, 0.05) is 17.5 Å². The topological polar surface area (TPSA) is 37.8 Å². The molecule has 1 fully saturated rings. The number of rotatable bonds is 2. The lowest BCUT2D eigenvalue weighted by Crippen LogP contribution is -2.20. The van der Waals surface area contributed by atoms with E-state index in [4.69, 9.17) is 0 Å². The van der Waals surface area contributed by atoms with Crippen LogP contribution in [0.15, 0.2) is 10.7 Å². The molecule has 1 saturated carbocycles. The van der Waals surface area contributed by atoms with Crippen molar-refractivity contribution in [3.8, 4) is 0 Å². The Balaban J connectivity index is 2.15. The molecule has 0 aromatic carbocycles. The summed E-state index contributed by atoms with van der Waals surface area (Å²) >= 11 is 3.48. The highest BCUT2D eigenvalue weighted by molar-refractivity contribution is 9.10. The van der Waals surface area contributed by atoms with Crippen LogP contribution in [-0.2, 0) is 5.41 Å². The van der Waals surface area contributed by atoms with Crippen molar-refractivity contribution in [1.82, 2.24) is 9.97 Å². The normalized spacial score (nSPS) is 24.3.